The summed E-state index contributed by atoms with van der Waals surface area (Å²) in [5, 5.41) is 2.97. The maximum absolute atomic E-state index is 12.3. The second kappa shape index (κ2) is 8.35. The summed E-state index contributed by atoms with van der Waals surface area (Å²) in [4.78, 5) is 14.6. The third-order valence-corrected chi connectivity index (χ3v) is 4.07. The van der Waals surface area contributed by atoms with Gasteiger partial charge in [-0.25, -0.2) is 0 Å². The van der Waals surface area contributed by atoms with Crippen molar-refractivity contribution in [2.75, 3.05) is 43.6 Å². The Morgan fingerprint density at radius 1 is 1.12 bits per heavy atom. The van der Waals surface area contributed by atoms with Crippen molar-refractivity contribution in [3.8, 4) is 5.75 Å². The molecule has 0 saturated carbocycles. The third kappa shape index (κ3) is 4.39. The van der Waals surface area contributed by atoms with Crippen molar-refractivity contribution in [3.63, 3.8) is 0 Å². The van der Waals surface area contributed by atoms with E-state index in [1.807, 2.05) is 48.5 Å². The number of para-hydroxylation sites is 3. The highest BCUT2D eigenvalue weighted by molar-refractivity contribution is 6.04. The number of morpholine rings is 1. The highest BCUT2D eigenvalue weighted by atomic mass is 16.5. The first-order valence-corrected chi connectivity index (χ1v) is 8.32. The van der Waals surface area contributed by atoms with Crippen molar-refractivity contribution in [1.29, 1.82) is 0 Å². The molecular formula is C20H22N2O3. The monoisotopic (exact) mass is 338 g/mol. The second-order valence-electron chi connectivity index (χ2n) is 5.68. The number of hydrogen-bond donors (Lipinski definition) is 1. The summed E-state index contributed by atoms with van der Waals surface area (Å²) in [6.45, 7) is 3.06. The van der Waals surface area contributed by atoms with Crippen LogP contribution in [-0.4, -0.2) is 39.3 Å². The molecule has 1 aliphatic heterocycles. The van der Waals surface area contributed by atoms with Crippen molar-refractivity contribution in [1.82, 2.24) is 0 Å². The molecule has 0 aliphatic carbocycles. The molecule has 2 aromatic carbocycles. The molecule has 0 spiro atoms. The zero-order valence-electron chi connectivity index (χ0n) is 14.3. The van der Waals surface area contributed by atoms with Gasteiger partial charge in [0.1, 0.15) is 5.75 Å². The first-order chi connectivity index (χ1) is 12.3. The lowest BCUT2D eigenvalue weighted by Gasteiger charge is -2.30. The Morgan fingerprint density at radius 2 is 1.84 bits per heavy atom. The number of amides is 1. The smallest absolute Gasteiger partial charge is 0.248 e. The van der Waals surface area contributed by atoms with E-state index < -0.39 is 0 Å². The summed E-state index contributed by atoms with van der Waals surface area (Å²) in [6.07, 6.45) is 3.28. The van der Waals surface area contributed by atoms with Gasteiger partial charge < -0.3 is 19.7 Å². The van der Waals surface area contributed by atoms with Gasteiger partial charge in [0.05, 0.1) is 31.7 Å². The molecule has 3 rings (SSSR count). The Morgan fingerprint density at radius 3 is 2.64 bits per heavy atom. The Hall–Kier alpha value is -2.79. The summed E-state index contributed by atoms with van der Waals surface area (Å²) < 4.78 is 10.7. The lowest BCUT2D eigenvalue weighted by Crippen LogP contribution is -2.36. The minimum atomic E-state index is -0.174. The first kappa shape index (κ1) is 17.0. The Balaban J connectivity index is 1.72. The number of ether oxygens (including phenoxy) is 2. The molecule has 1 aliphatic rings. The number of anilines is 2. The van der Waals surface area contributed by atoms with Crippen LogP contribution in [0.4, 0.5) is 11.4 Å². The van der Waals surface area contributed by atoms with E-state index in [2.05, 4.69) is 10.2 Å². The standard InChI is InChI=1S/C20H22N2O3/c1-24-19-9-5-2-6-16(19)10-11-20(23)21-17-7-3-4-8-18(17)22-12-14-25-15-13-22/h2-11H,12-15H2,1H3,(H,21,23)/b11-10+. The normalized spacial score (nSPS) is 14.5. The van der Waals surface area contributed by atoms with Crippen LogP contribution in [0, 0.1) is 0 Å². The second-order valence-corrected chi connectivity index (χ2v) is 5.68. The predicted octanol–water partition coefficient (Wildman–Crippen LogP) is 3.18. The molecule has 0 unspecified atom stereocenters. The van der Waals surface area contributed by atoms with E-state index in [-0.39, 0.29) is 5.91 Å². The molecule has 0 bridgehead atoms. The van der Waals surface area contributed by atoms with Gasteiger partial charge in [-0.3, -0.25) is 4.79 Å². The molecule has 130 valence electrons. The molecule has 2 aromatic rings. The van der Waals surface area contributed by atoms with Crippen molar-refractivity contribution >= 4 is 23.4 Å². The summed E-state index contributed by atoms with van der Waals surface area (Å²) in [5.74, 6) is 0.562. The maximum Gasteiger partial charge on any atom is 0.248 e. The number of rotatable bonds is 5. The van der Waals surface area contributed by atoms with Gasteiger partial charge >= 0.3 is 0 Å². The molecule has 0 radical (unpaired) electrons. The molecule has 1 heterocycles. The number of carbonyl (C=O) groups excluding carboxylic acids is 1. The van der Waals surface area contributed by atoms with Crippen LogP contribution >= 0.6 is 0 Å². The van der Waals surface area contributed by atoms with Gasteiger partial charge in [-0.15, -0.1) is 0 Å². The van der Waals surface area contributed by atoms with Crippen LogP contribution in [0.25, 0.3) is 6.08 Å². The number of benzene rings is 2. The highest BCUT2D eigenvalue weighted by Gasteiger charge is 2.15. The van der Waals surface area contributed by atoms with Crippen LogP contribution in [0.3, 0.4) is 0 Å². The van der Waals surface area contributed by atoms with Crippen molar-refractivity contribution in [2.24, 2.45) is 0 Å². The van der Waals surface area contributed by atoms with Crippen LogP contribution in [-0.2, 0) is 9.53 Å². The zero-order chi connectivity index (χ0) is 17.5. The van der Waals surface area contributed by atoms with Crippen LogP contribution in [0.2, 0.25) is 0 Å². The average Bonchev–Trinajstić information content (AvgIpc) is 2.67. The summed E-state index contributed by atoms with van der Waals surface area (Å²) in [5.41, 5.74) is 2.69. The van der Waals surface area contributed by atoms with Crippen LogP contribution < -0.4 is 15.0 Å². The Kier molecular flexibility index (Phi) is 5.69. The number of nitrogens with one attached hydrogen (secondary N) is 1. The number of nitrogens with zero attached hydrogens (tertiary/aromatic N) is 1. The lowest BCUT2D eigenvalue weighted by molar-refractivity contribution is -0.111. The van der Waals surface area contributed by atoms with Gasteiger partial charge in [-0.1, -0.05) is 30.3 Å². The Labute approximate surface area is 147 Å². The molecular weight excluding hydrogens is 316 g/mol. The number of carbonyl (C=O) groups is 1. The van der Waals surface area contributed by atoms with E-state index in [1.165, 1.54) is 6.08 Å². The van der Waals surface area contributed by atoms with E-state index >= 15 is 0 Å². The fourth-order valence-electron chi connectivity index (χ4n) is 2.80. The van der Waals surface area contributed by atoms with Crippen LogP contribution in [0.5, 0.6) is 5.75 Å². The zero-order valence-corrected chi connectivity index (χ0v) is 14.3. The minimum Gasteiger partial charge on any atom is -0.496 e. The molecule has 5 heteroatoms. The van der Waals surface area contributed by atoms with Crippen LogP contribution in [0.15, 0.2) is 54.6 Å². The average molecular weight is 338 g/mol. The molecule has 1 fully saturated rings. The molecule has 0 aromatic heterocycles. The third-order valence-electron chi connectivity index (χ3n) is 4.07. The summed E-state index contributed by atoms with van der Waals surface area (Å²) in [7, 11) is 1.62. The molecule has 25 heavy (non-hydrogen) atoms. The van der Waals surface area contributed by atoms with Gasteiger partial charge in [0, 0.05) is 24.7 Å². The number of hydrogen-bond acceptors (Lipinski definition) is 4. The maximum atomic E-state index is 12.3. The summed E-state index contributed by atoms with van der Waals surface area (Å²) in [6, 6.07) is 15.4. The highest BCUT2D eigenvalue weighted by Crippen LogP contribution is 2.26. The van der Waals surface area contributed by atoms with Gasteiger partial charge in [-0.2, -0.15) is 0 Å². The van der Waals surface area contributed by atoms with E-state index in [9.17, 15) is 4.79 Å². The van der Waals surface area contributed by atoms with Gasteiger partial charge in [0.25, 0.3) is 0 Å². The van der Waals surface area contributed by atoms with Crippen molar-refractivity contribution < 1.29 is 14.3 Å². The SMILES string of the molecule is COc1ccccc1/C=C/C(=O)Nc1ccccc1N1CCOCC1. The van der Waals surface area contributed by atoms with E-state index in [1.54, 1.807) is 13.2 Å². The van der Waals surface area contributed by atoms with Crippen LogP contribution in [0.1, 0.15) is 5.56 Å². The van der Waals surface area contributed by atoms with Gasteiger partial charge in [0.2, 0.25) is 5.91 Å². The minimum absolute atomic E-state index is 0.174. The fourth-order valence-corrected chi connectivity index (χ4v) is 2.80. The quantitative estimate of drug-likeness (QED) is 0.851. The summed E-state index contributed by atoms with van der Waals surface area (Å²) >= 11 is 0. The topological polar surface area (TPSA) is 50.8 Å². The molecule has 1 amide bonds. The van der Waals surface area contributed by atoms with Crippen molar-refractivity contribution in [3.05, 3.63) is 60.2 Å². The predicted molar refractivity (Wildman–Crippen MR) is 100 cm³/mol. The van der Waals surface area contributed by atoms with E-state index in [4.69, 9.17) is 9.47 Å². The molecule has 5 nitrogen and oxygen atoms in total. The molecule has 1 N–H and O–H groups in total. The Bertz CT molecular complexity index is 752. The first-order valence-electron chi connectivity index (χ1n) is 8.32. The van der Waals surface area contributed by atoms with Gasteiger partial charge in [-0.05, 0) is 24.3 Å². The van der Waals surface area contributed by atoms with E-state index in [0.717, 1.165) is 35.8 Å². The number of methoxy groups -OCH3 is 1. The van der Waals surface area contributed by atoms with Crippen molar-refractivity contribution in [2.45, 2.75) is 0 Å². The van der Waals surface area contributed by atoms with E-state index in [0.29, 0.717) is 13.2 Å². The lowest BCUT2D eigenvalue weighted by atomic mass is 10.2. The fraction of sp³-hybridized carbons (Fsp3) is 0.250. The molecule has 0 atom stereocenters. The van der Waals surface area contributed by atoms with Gasteiger partial charge in [0.15, 0.2) is 0 Å². The molecule has 1 saturated heterocycles. The largest absolute Gasteiger partial charge is 0.496 e.